The lowest BCUT2D eigenvalue weighted by molar-refractivity contribution is -0.149. The summed E-state index contributed by atoms with van der Waals surface area (Å²) in [5.41, 5.74) is 2.89. The molecule has 1 N–H and O–H groups in total. The lowest BCUT2D eigenvalue weighted by atomic mass is 10.0. The average Bonchev–Trinajstić information content (AvgIpc) is 2.66. The van der Waals surface area contributed by atoms with Crippen LogP contribution in [0, 0.1) is 12.8 Å². The minimum Gasteiger partial charge on any atom is -0.459 e. The number of benzene rings is 2. The zero-order chi connectivity index (χ0) is 19.8. The third kappa shape index (κ3) is 6.83. The second-order valence-electron chi connectivity index (χ2n) is 7.06. The maximum atomic E-state index is 12.6. The Morgan fingerprint density at radius 3 is 2.26 bits per heavy atom. The van der Waals surface area contributed by atoms with Crippen molar-refractivity contribution >= 4 is 27.8 Å². The number of hydrogen-bond acceptors (Lipinski definition) is 3. The van der Waals surface area contributed by atoms with E-state index in [1.54, 1.807) is 0 Å². The van der Waals surface area contributed by atoms with Gasteiger partial charge in [-0.15, -0.1) is 0 Å². The van der Waals surface area contributed by atoms with Gasteiger partial charge in [0, 0.05) is 0 Å². The summed E-state index contributed by atoms with van der Waals surface area (Å²) in [4.78, 5) is 24.7. The van der Waals surface area contributed by atoms with Crippen LogP contribution in [-0.4, -0.2) is 17.9 Å². The standard InChI is InChI=1S/C22H26BrNO3/c1-15(2)13-19(22(26)27-14-17-7-5-4-6-8-17)24-21(25)20(23)18-11-9-16(3)10-12-18/h4-12,15,19-20H,13-14H2,1-3H3,(H,24,25)/t19-,20?/m0/s1. The summed E-state index contributed by atoms with van der Waals surface area (Å²) in [6.45, 7) is 6.21. The van der Waals surface area contributed by atoms with Crippen LogP contribution < -0.4 is 5.32 Å². The van der Waals surface area contributed by atoms with Crippen LogP contribution in [0.5, 0.6) is 0 Å². The molecule has 0 aliphatic heterocycles. The van der Waals surface area contributed by atoms with Gasteiger partial charge in [-0.2, -0.15) is 0 Å². The van der Waals surface area contributed by atoms with E-state index in [4.69, 9.17) is 4.74 Å². The van der Waals surface area contributed by atoms with E-state index in [0.29, 0.717) is 6.42 Å². The average molecular weight is 432 g/mol. The second kappa shape index (κ2) is 10.3. The van der Waals surface area contributed by atoms with E-state index in [1.165, 1.54) is 0 Å². The molecule has 0 heterocycles. The molecule has 2 atom stereocenters. The van der Waals surface area contributed by atoms with Gasteiger partial charge in [-0.3, -0.25) is 4.79 Å². The van der Waals surface area contributed by atoms with Crippen molar-refractivity contribution in [3.8, 4) is 0 Å². The number of carbonyl (C=O) groups is 2. The summed E-state index contributed by atoms with van der Waals surface area (Å²) >= 11 is 3.43. The van der Waals surface area contributed by atoms with Gasteiger partial charge in [0.1, 0.15) is 17.5 Å². The molecule has 5 heteroatoms. The lowest BCUT2D eigenvalue weighted by Crippen LogP contribution is -2.43. The quantitative estimate of drug-likeness (QED) is 0.486. The van der Waals surface area contributed by atoms with Gasteiger partial charge in [0.2, 0.25) is 5.91 Å². The lowest BCUT2D eigenvalue weighted by Gasteiger charge is -2.21. The summed E-state index contributed by atoms with van der Waals surface area (Å²) in [6, 6.07) is 16.5. The first-order chi connectivity index (χ1) is 12.9. The Hall–Kier alpha value is -2.14. The second-order valence-corrected chi connectivity index (χ2v) is 7.97. The van der Waals surface area contributed by atoms with Crippen molar-refractivity contribution in [1.29, 1.82) is 0 Å². The van der Waals surface area contributed by atoms with Gasteiger partial charge >= 0.3 is 5.97 Å². The Morgan fingerprint density at radius 2 is 1.67 bits per heavy atom. The Morgan fingerprint density at radius 1 is 1.04 bits per heavy atom. The van der Waals surface area contributed by atoms with Gasteiger partial charge < -0.3 is 10.1 Å². The predicted molar refractivity (Wildman–Crippen MR) is 110 cm³/mol. The van der Waals surface area contributed by atoms with Crippen molar-refractivity contribution in [2.75, 3.05) is 0 Å². The van der Waals surface area contributed by atoms with Gasteiger partial charge in [0.05, 0.1) is 0 Å². The van der Waals surface area contributed by atoms with E-state index < -0.39 is 16.8 Å². The zero-order valence-corrected chi connectivity index (χ0v) is 17.5. The van der Waals surface area contributed by atoms with Gasteiger partial charge in [0.15, 0.2) is 0 Å². The number of carbonyl (C=O) groups excluding carboxylic acids is 2. The molecular formula is C22H26BrNO3. The third-order valence-electron chi connectivity index (χ3n) is 4.13. The van der Waals surface area contributed by atoms with Crippen LogP contribution >= 0.6 is 15.9 Å². The highest BCUT2D eigenvalue weighted by molar-refractivity contribution is 9.09. The van der Waals surface area contributed by atoms with Gasteiger partial charge in [0.25, 0.3) is 0 Å². The first-order valence-corrected chi connectivity index (χ1v) is 10.00. The fourth-order valence-electron chi connectivity index (χ4n) is 2.65. The molecule has 1 unspecified atom stereocenters. The molecule has 2 aromatic carbocycles. The highest BCUT2D eigenvalue weighted by Crippen LogP contribution is 2.24. The molecule has 1 amide bonds. The first-order valence-electron chi connectivity index (χ1n) is 9.08. The van der Waals surface area contributed by atoms with Crippen molar-refractivity contribution in [1.82, 2.24) is 5.32 Å². The molecule has 0 radical (unpaired) electrons. The monoisotopic (exact) mass is 431 g/mol. The molecule has 144 valence electrons. The predicted octanol–water partition coefficient (Wildman–Crippen LogP) is 4.71. The molecule has 0 aliphatic carbocycles. The summed E-state index contributed by atoms with van der Waals surface area (Å²) < 4.78 is 5.42. The number of nitrogens with one attached hydrogen (secondary N) is 1. The molecule has 0 spiro atoms. The number of hydrogen-bond donors (Lipinski definition) is 1. The summed E-state index contributed by atoms with van der Waals surface area (Å²) in [6.07, 6.45) is 0.521. The van der Waals surface area contributed by atoms with Crippen LogP contribution in [0.25, 0.3) is 0 Å². The Bertz CT molecular complexity index is 744. The summed E-state index contributed by atoms with van der Waals surface area (Å²) in [5.74, 6) is -0.418. The van der Waals surface area contributed by atoms with Crippen LogP contribution in [0.3, 0.4) is 0 Å². The van der Waals surface area contributed by atoms with Crippen LogP contribution in [0.15, 0.2) is 54.6 Å². The van der Waals surface area contributed by atoms with E-state index in [1.807, 2.05) is 75.4 Å². The van der Waals surface area contributed by atoms with E-state index in [2.05, 4.69) is 21.2 Å². The molecule has 0 aliphatic rings. The highest BCUT2D eigenvalue weighted by atomic mass is 79.9. The van der Waals surface area contributed by atoms with Crippen molar-refractivity contribution in [3.05, 3.63) is 71.3 Å². The van der Waals surface area contributed by atoms with Crippen LogP contribution in [-0.2, 0) is 20.9 Å². The molecule has 0 aromatic heterocycles. The minimum atomic E-state index is -0.674. The number of alkyl halides is 1. The minimum absolute atomic E-state index is 0.194. The van der Waals surface area contributed by atoms with Gasteiger partial charge in [-0.25, -0.2) is 4.79 Å². The van der Waals surface area contributed by atoms with E-state index in [-0.39, 0.29) is 18.4 Å². The topological polar surface area (TPSA) is 55.4 Å². The molecule has 2 aromatic rings. The summed E-state index contributed by atoms with van der Waals surface area (Å²) in [5, 5.41) is 2.84. The first kappa shape index (κ1) is 21.2. The molecule has 0 fully saturated rings. The largest absolute Gasteiger partial charge is 0.459 e. The fourth-order valence-corrected chi connectivity index (χ4v) is 3.08. The van der Waals surface area contributed by atoms with Crippen LogP contribution in [0.2, 0.25) is 0 Å². The molecule has 27 heavy (non-hydrogen) atoms. The molecule has 0 saturated carbocycles. The summed E-state index contributed by atoms with van der Waals surface area (Å²) in [7, 11) is 0. The number of aryl methyl sites for hydroxylation is 1. The van der Waals surface area contributed by atoms with Gasteiger partial charge in [-0.1, -0.05) is 89.9 Å². The number of ether oxygens (including phenoxy) is 1. The Balaban J connectivity index is 2.00. The smallest absolute Gasteiger partial charge is 0.328 e. The molecule has 2 rings (SSSR count). The van der Waals surface area contributed by atoms with Crippen LogP contribution in [0.1, 0.15) is 41.8 Å². The van der Waals surface area contributed by atoms with Crippen molar-refractivity contribution in [2.24, 2.45) is 5.92 Å². The SMILES string of the molecule is Cc1ccc(C(Br)C(=O)N[C@@H](CC(C)C)C(=O)OCc2ccccc2)cc1. The third-order valence-corrected chi connectivity index (χ3v) is 5.08. The van der Waals surface area contributed by atoms with E-state index >= 15 is 0 Å². The van der Waals surface area contributed by atoms with E-state index in [0.717, 1.165) is 16.7 Å². The fraction of sp³-hybridized carbons (Fsp3) is 0.364. The molecule has 0 saturated heterocycles. The maximum absolute atomic E-state index is 12.6. The number of amides is 1. The van der Waals surface area contributed by atoms with Crippen molar-refractivity contribution in [2.45, 2.75) is 44.7 Å². The molecule has 0 bridgehead atoms. The van der Waals surface area contributed by atoms with E-state index in [9.17, 15) is 9.59 Å². The zero-order valence-electron chi connectivity index (χ0n) is 15.9. The van der Waals surface area contributed by atoms with Gasteiger partial charge in [-0.05, 0) is 30.4 Å². The number of halogens is 1. The molecule has 4 nitrogen and oxygen atoms in total. The van der Waals surface area contributed by atoms with Crippen molar-refractivity contribution < 1.29 is 14.3 Å². The number of esters is 1. The normalized spacial score (nSPS) is 13.1. The Kier molecular flexibility index (Phi) is 8.04. The highest BCUT2D eigenvalue weighted by Gasteiger charge is 2.27. The van der Waals surface area contributed by atoms with Crippen LogP contribution in [0.4, 0.5) is 0 Å². The maximum Gasteiger partial charge on any atom is 0.328 e. The molecular weight excluding hydrogens is 406 g/mol. The van der Waals surface area contributed by atoms with Crippen molar-refractivity contribution in [3.63, 3.8) is 0 Å². The number of rotatable bonds is 8. The Labute approximate surface area is 169 Å².